The van der Waals surface area contributed by atoms with E-state index in [4.69, 9.17) is 14.6 Å². The fourth-order valence-corrected chi connectivity index (χ4v) is 2.30. The highest BCUT2D eigenvalue weighted by atomic mass is 16.7. The molecule has 2 atom stereocenters. The van der Waals surface area contributed by atoms with E-state index in [-0.39, 0.29) is 6.61 Å². The number of rotatable bonds is 14. The van der Waals surface area contributed by atoms with Crippen LogP contribution in [0.3, 0.4) is 0 Å². The van der Waals surface area contributed by atoms with Gasteiger partial charge in [-0.3, -0.25) is 0 Å². The van der Waals surface area contributed by atoms with Crippen LogP contribution in [0.2, 0.25) is 0 Å². The van der Waals surface area contributed by atoms with Crippen LogP contribution < -0.4 is 0 Å². The van der Waals surface area contributed by atoms with Gasteiger partial charge in [0.15, 0.2) is 0 Å². The lowest BCUT2D eigenvalue weighted by Gasteiger charge is -2.38. The molecule has 132 valence electrons. The maximum absolute atomic E-state index is 11.2. The van der Waals surface area contributed by atoms with Crippen molar-refractivity contribution in [2.45, 2.75) is 90.4 Å². The number of carboxylic acid groups (broad SMARTS) is 1. The molecule has 0 bridgehead atoms. The van der Waals surface area contributed by atoms with Gasteiger partial charge in [0, 0.05) is 6.61 Å². The van der Waals surface area contributed by atoms with Gasteiger partial charge >= 0.3 is 5.97 Å². The average molecular weight is 318 g/mol. The molecule has 0 radical (unpaired) electrons. The second kappa shape index (κ2) is 11.0. The van der Waals surface area contributed by atoms with Crippen molar-refractivity contribution in [3.05, 3.63) is 0 Å². The molecule has 0 saturated heterocycles. The third kappa shape index (κ3) is 7.07. The molecule has 0 fully saturated rings. The SMILES string of the molecule is CCCCCCCCCCOC(C)(OCC)C(C)(O)C(=O)O. The van der Waals surface area contributed by atoms with Crippen molar-refractivity contribution in [2.75, 3.05) is 13.2 Å². The molecule has 2 N–H and O–H groups in total. The number of carbonyl (C=O) groups is 1. The van der Waals surface area contributed by atoms with Crippen molar-refractivity contribution in [2.24, 2.45) is 0 Å². The van der Waals surface area contributed by atoms with Crippen LogP contribution in [0.1, 0.15) is 79.1 Å². The molecule has 0 aliphatic rings. The lowest BCUT2D eigenvalue weighted by Crippen LogP contribution is -2.58. The van der Waals surface area contributed by atoms with Gasteiger partial charge in [0.05, 0.1) is 6.61 Å². The van der Waals surface area contributed by atoms with Crippen LogP contribution in [0, 0.1) is 0 Å². The van der Waals surface area contributed by atoms with Crippen LogP contribution in [0.4, 0.5) is 0 Å². The molecule has 0 rings (SSSR count). The maximum Gasteiger partial charge on any atom is 0.341 e. The largest absolute Gasteiger partial charge is 0.479 e. The zero-order chi connectivity index (χ0) is 17.1. The van der Waals surface area contributed by atoms with E-state index in [1.54, 1.807) is 6.92 Å². The van der Waals surface area contributed by atoms with Crippen molar-refractivity contribution in [1.29, 1.82) is 0 Å². The molecule has 2 unspecified atom stereocenters. The Morgan fingerprint density at radius 1 is 0.909 bits per heavy atom. The molecule has 0 aromatic heterocycles. The van der Waals surface area contributed by atoms with Gasteiger partial charge in [-0.1, -0.05) is 51.9 Å². The van der Waals surface area contributed by atoms with Crippen LogP contribution in [0.25, 0.3) is 0 Å². The quantitative estimate of drug-likeness (QED) is 0.377. The summed E-state index contributed by atoms with van der Waals surface area (Å²) in [6, 6.07) is 0. The predicted octanol–water partition coefficient (Wildman–Crippen LogP) is 3.73. The van der Waals surface area contributed by atoms with E-state index < -0.39 is 17.4 Å². The zero-order valence-corrected chi connectivity index (χ0v) is 14.7. The first-order chi connectivity index (χ1) is 10.3. The molecular formula is C17H34O5. The summed E-state index contributed by atoms with van der Waals surface area (Å²) in [4.78, 5) is 11.2. The number of carboxylic acids is 1. The van der Waals surface area contributed by atoms with Gasteiger partial charge in [0.2, 0.25) is 11.4 Å². The van der Waals surface area contributed by atoms with Crippen molar-refractivity contribution >= 4 is 5.97 Å². The number of unbranched alkanes of at least 4 members (excludes halogenated alkanes) is 7. The van der Waals surface area contributed by atoms with Gasteiger partial charge in [0.1, 0.15) is 0 Å². The molecule has 0 aromatic carbocycles. The van der Waals surface area contributed by atoms with E-state index in [1.807, 2.05) is 0 Å². The molecule has 0 saturated carbocycles. The fourth-order valence-electron chi connectivity index (χ4n) is 2.30. The molecule has 0 aromatic rings. The minimum absolute atomic E-state index is 0.275. The summed E-state index contributed by atoms with van der Waals surface area (Å²) in [5.41, 5.74) is -2.08. The molecule has 0 aliphatic heterocycles. The van der Waals surface area contributed by atoms with Crippen LogP contribution in [-0.4, -0.2) is 40.8 Å². The first-order valence-electron chi connectivity index (χ1n) is 8.55. The normalized spacial score (nSPS) is 17.0. The maximum atomic E-state index is 11.2. The summed E-state index contributed by atoms with van der Waals surface area (Å²) in [6.07, 6.45) is 9.42. The predicted molar refractivity (Wildman–Crippen MR) is 86.9 cm³/mol. The molecule has 5 nitrogen and oxygen atoms in total. The standard InChI is InChI=1S/C17H34O5/c1-5-7-8-9-10-11-12-13-14-22-17(4,21-6-2)16(3,20)15(18)19/h20H,5-14H2,1-4H3,(H,18,19). The van der Waals surface area contributed by atoms with Gasteiger partial charge in [-0.05, 0) is 27.2 Å². The van der Waals surface area contributed by atoms with Crippen LogP contribution >= 0.6 is 0 Å². The Balaban J connectivity index is 4.04. The van der Waals surface area contributed by atoms with Gasteiger partial charge in [-0.2, -0.15) is 0 Å². The molecule has 0 spiro atoms. The van der Waals surface area contributed by atoms with Crippen molar-refractivity contribution < 1.29 is 24.5 Å². The summed E-state index contributed by atoms with van der Waals surface area (Å²) >= 11 is 0. The summed E-state index contributed by atoms with van der Waals surface area (Å²) in [5, 5.41) is 19.3. The molecule has 0 heterocycles. The smallest absolute Gasteiger partial charge is 0.341 e. The minimum Gasteiger partial charge on any atom is -0.479 e. The number of aliphatic carboxylic acids is 1. The molecule has 0 aliphatic carbocycles. The topological polar surface area (TPSA) is 76.0 Å². The number of aliphatic hydroxyl groups is 1. The van der Waals surface area contributed by atoms with Gasteiger partial charge < -0.3 is 19.7 Å². The Kier molecular flexibility index (Phi) is 10.6. The van der Waals surface area contributed by atoms with E-state index in [9.17, 15) is 9.90 Å². The Morgan fingerprint density at radius 3 is 1.86 bits per heavy atom. The van der Waals surface area contributed by atoms with Gasteiger partial charge in [0.25, 0.3) is 0 Å². The third-order valence-electron chi connectivity index (χ3n) is 4.10. The van der Waals surface area contributed by atoms with Crippen molar-refractivity contribution in [1.82, 2.24) is 0 Å². The summed E-state index contributed by atoms with van der Waals surface area (Å²) < 4.78 is 11.0. The summed E-state index contributed by atoms with van der Waals surface area (Å²) in [5.74, 6) is -2.88. The minimum atomic E-state index is -2.08. The van der Waals surface area contributed by atoms with Crippen LogP contribution in [-0.2, 0) is 14.3 Å². The van der Waals surface area contributed by atoms with Gasteiger partial charge in [-0.25, -0.2) is 4.79 Å². The Morgan fingerprint density at radius 2 is 1.41 bits per heavy atom. The number of hydrogen-bond donors (Lipinski definition) is 2. The van der Waals surface area contributed by atoms with E-state index in [0.717, 1.165) is 19.3 Å². The third-order valence-corrected chi connectivity index (χ3v) is 4.10. The number of ether oxygens (including phenoxy) is 2. The Hall–Kier alpha value is -0.650. The summed E-state index contributed by atoms with van der Waals surface area (Å²) in [7, 11) is 0. The van der Waals surface area contributed by atoms with E-state index in [0.29, 0.717) is 6.61 Å². The van der Waals surface area contributed by atoms with Gasteiger partial charge in [-0.15, -0.1) is 0 Å². The molecule has 0 amide bonds. The Labute approximate surface area is 135 Å². The first kappa shape index (κ1) is 21.4. The molecular weight excluding hydrogens is 284 g/mol. The van der Waals surface area contributed by atoms with Crippen LogP contribution in [0.15, 0.2) is 0 Å². The van der Waals surface area contributed by atoms with E-state index >= 15 is 0 Å². The average Bonchev–Trinajstić information content (AvgIpc) is 2.45. The highest BCUT2D eigenvalue weighted by Gasteiger charge is 2.51. The Bertz CT molecular complexity index is 303. The zero-order valence-electron chi connectivity index (χ0n) is 14.7. The highest BCUT2D eigenvalue weighted by Crippen LogP contribution is 2.28. The summed E-state index contributed by atoms with van der Waals surface area (Å²) in [6.45, 7) is 7.30. The van der Waals surface area contributed by atoms with Crippen molar-refractivity contribution in [3.63, 3.8) is 0 Å². The lowest BCUT2D eigenvalue weighted by atomic mass is 9.96. The van der Waals surface area contributed by atoms with E-state index in [1.165, 1.54) is 46.0 Å². The number of hydrogen-bond acceptors (Lipinski definition) is 4. The van der Waals surface area contributed by atoms with Crippen molar-refractivity contribution in [3.8, 4) is 0 Å². The second-order valence-corrected chi connectivity index (χ2v) is 6.08. The molecule has 22 heavy (non-hydrogen) atoms. The fraction of sp³-hybridized carbons (Fsp3) is 0.941. The monoisotopic (exact) mass is 318 g/mol. The molecule has 5 heteroatoms. The van der Waals surface area contributed by atoms with Crippen LogP contribution in [0.5, 0.6) is 0 Å². The van der Waals surface area contributed by atoms with E-state index in [2.05, 4.69) is 6.92 Å². The second-order valence-electron chi connectivity index (χ2n) is 6.08. The first-order valence-corrected chi connectivity index (χ1v) is 8.55. The highest BCUT2D eigenvalue weighted by molar-refractivity contribution is 5.78. The lowest BCUT2D eigenvalue weighted by molar-refractivity contribution is -0.301.